The predicted octanol–water partition coefficient (Wildman–Crippen LogP) is 8.69. The van der Waals surface area contributed by atoms with Gasteiger partial charge in [-0.3, -0.25) is 0 Å². The van der Waals surface area contributed by atoms with Crippen LogP contribution in [0.4, 0.5) is 0 Å². The largest absolute Gasteiger partial charge is 0.499 e. The molecular weight excluding hydrogens is 521 g/mol. The fourth-order valence-corrected chi connectivity index (χ4v) is 11.2. The van der Waals surface area contributed by atoms with Crippen molar-refractivity contribution in [2.75, 3.05) is 26.4 Å². The first-order chi connectivity index (χ1) is 18.2. The van der Waals surface area contributed by atoms with E-state index in [1.54, 1.807) is 0 Å². The summed E-state index contributed by atoms with van der Waals surface area (Å²) < 4.78 is 25.2. The van der Waals surface area contributed by atoms with Crippen LogP contribution in [0.3, 0.4) is 0 Å². The topological polar surface area (TPSA) is 57.2 Å². The number of aliphatic hydroxyl groups is 1. The molecular formula is C32H64O5Si2. The molecule has 1 N–H and O–H groups in total. The fraction of sp³-hybridized carbons (Fsp3) is 0.938. The Balaban J connectivity index is 2.28. The SMILES string of the molecule is CCOCCO/C=C1/CC[C@H]2[C@](C)(CCCO[Si](C)(C)C(C)(C)C)[C@H](O[Si](CC)(CC)CC)CC[C@@]2(C)[C@H]1O. The second-order valence-corrected chi connectivity index (χ2v) is 23.9. The van der Waals surface area contributed by atoms with Crippen molar-refractivity contribution < 1.29 is 23.4 Å². The molecule has 0 radical (unpaired) electrons. The Kier molecular flexibility index (Phi) is 12.9. The zero-order valence-corrected chi connectivity index (χ0v) is 29.6. The molecule has 0 aromatic heterocycles. The van der Waals surface area contributed by atoms with E-state index in [0.29, 0.717) is 25.7 Å². The molecule has 0 spiro atoms. The van der Waals surface area contributed by atoms with Gasteiger partial charge in [0.25, 0.3) is 0 Å². The first kappa shape index (κ1) is 35.0. The average Bonchev–Trinajstić information content (AvgIpc) is 2.88. The van der Waals surface area contributed by atoms with Crippen molar-refractivity contribution in [1.29, 1.82) is 0 Å². The first-order valence-corrected chi connectivity index (χ1v) is 21.5. The van der Waals surface area contributed by atoms with Crippen LogP contribution in [0.1, 0.15) is 101 Å². The molecule has 230 valence electrons. The van der Waals surface area contributed by atoms with E-state index in [4.69, 9.17) is 18.3 Å². The molecule has 39 heavy (non-hydrogen) atoms. The van der Waals surface area contributed by atoms with Crippen molar-refractivity contribution >= 4 is 16.6 Å². The molecule has 0 amide bonds. The number of aliphatic hydroxyl groups excluding tert-OH is 1. The molecule has 2 rings (SSSR count). The minimum atomic E-state index is -1.77. The lowest BCUT2D eigenvalue weighted by Gasteiger charge is -2.61. The van der Waals surface area contributed by atoms with Crippen molar-refractivity contribution in [2.24, 2.45) is 16.7 Å². The lowest BCUT2D eigenvalue weighted by molar-refractivity contribution is -0.151. The number of hydrogen-bond donors (Lipinski definition) is 1. The van der Waals surface area contributed by atoms with Crippen LogP contribution in [-0.4, -0.2) is 60.4 Å². The van der Waals surface area contributed by atoms with Gasteiger partial charge in [0.05, 0.1) is 25.1 Å². The molecule has 0 aromatic carbocycles. The standard InChI is InChI=1S/C32H64O5Si2/c1-12-34-23-24-35-25-26-17-18-27-31(8,20-16-22-36-38(10,11)30(5,6)7)28(19-21-32(27,9)29(26)33)37-39(13-2,14-3)15-4/h25,27-29,33H,12-24H2,1-11H3/b26-25-/t27-,28+,29-,31-,32+/m0/s1. The second-order valence-electron chi connectivity index (χ2n) is 14.4. The third-order valence-electron chi connectivity index (χ3n) is 11.2. The third-order valence-corrected chi connectivity index (χ3v) is 20.4. The molecule has 2 aliphatic rings. The number of rotatable bonds is 15. The third kappa shape index (κ3) is 8.01. The highest BCUT2D eigenvalue weighted by Crippen LogP contribution is 2.61. The lowest BCUT2D eigenvalue weighted by atomic mass is 9.48. The molecule has 0 heterocycles. The summed E-state index contributed by atoms with van der Waals surface area (Å²) in [6, 6.07) is 3.53. The Morgan fingerprint density at radius 3 is 2.18 bits per heavy atom. The molecule has 2 fully saturated rings. The molecule has 0 bridgehead atoms. The summed E-state index contributed by atoms with van der Waals surface area (Å²) in [6.07, 6.45) is 7.74. The Morgan fingerprint density at radius 1 is 0.974 bits per heavy atom. The highest BCUT2D eigenvalue weighted by atomic mass is 28.4. The maximum atomic E-state index is 11.8. The monoisotopic (exact) mass is 584 g/mol. The molecule has 0 aromatic rings. The van der Waals surface area contributed by atoms with Gasteiger partial charge in [-0.2, -0.15) is 0 Å². The van der Waals surface area contributed by atoms with Crippen LogP contribution in [-0.2, 0) is 18.3 Å². The maximum Gasteiger partial charge on any atom is 0.192 e. The van der Waals surface area contributed by atoms with Crippen LogP contribution in [0.2, 0.25) is 36.3 Å². The van der Waals surface area contributed by atoms with Crippen molar-refractivity contribution in [1.82, 2.24) is 0 Å². The van der Waals surface area contributed by atoms with Crippen LogP contribution < -0.4 is 0 Å². The van der Waals surface area contributed by atoms with Crippen molar-refractivity contribution in [3.05, 3.63) is 11.8 Å². The zero-order valence-electron chi connectivity index (χ0n) is 27.6. The van der Waals surface area contributed by atoms with E-state index in [-0.39, 0.29) is 22.0 Å². The summed E-state index contributed by atoms with van der Waals surface area (Å²) in [6.45, 7) is 28.1. The summed E-state index contributed by atoms with van der Waals surface area (Å²) >= 11 is 0. The number of ether oxygens (including phenoxy) is 2. The average molecular weight is 585 g/mol. The van der Waals surface area contributed by atoms with Crippen molar-refractivity contribution in [3.63, 3.8) is 0 Å². The minimum absolute atomic E-state index is 0.0177. The molecule has 2 saturated carbocycles. The molecule has 0 saturated heterocycles. The summed E-state index contributed by atoms with van der Waals surface area (Å²) in [5, 5.41) is 12.0. The van der Waals surface area contributed by atoms with Gasteiger partial charge in [0.15, 0.2) is 16.6 Å². The first-order valence-electron chi connectivity index (χ1n) is 16.0. The molecule has 5 nitrogen and oxygen atoms in total. The van der Waals surface area contributed by atoms with Crippen LogP contribution in [0.5, 0.6) is 0 Å². The summed E-state index contributed by atoms with van der Waals surface area (Å²) in [5.41, 5.74) is 0.897. The van der Waals surface area contributed by atoms with Gasteiger partial charge in [0.1, 0.15) is 6.61 Å². The van der Waals surface area contributed by atoms with Crippen LogP contribution in [0.25, 0.3) is 0 Å². The maximum absolute atomic E-state index is 11.8. The fourth-order valence-electron chi connectivity index (χ4n) is 7.15. The zero-order chi connectivity index (χ0) is 29.5. The van der Waals surface area contributed by atoms with E-state index in [1.165, 1.54) is 18.1 Å². The van der Waals surface area contributed by atoms with E-state index < -0.39 is 22.7 Å². The summed E-state index contributed by atoms with van der Waals surface area (Å²) in [5.74, 6) is 0.407. The van der Waals surface area contributed by atoms with Crippen LogP contribution >= 0.6 is 0 Å². The molecule has 5 atom stereocenters. The second kappa shape index (κ2) is 14.3. The smallest absolute Gasteiger partial charge is 0.192 e. The minimum Gasteiger partial charge on any atom is -0.499 e. The highest BCUT2D eigenvalue weighted by molar-refractivity contribution is 6.74. The van der Waals surface area contributed by atoms with Gasteiger partial charge in [0.2, 0.25) is 0 Å². The summed E-state index contributed by atoms with van der Waals surface area (Å²) in [7, 11) is -3.54. The van der Waals surface area contributed by atoms with Gasteiger partial charge < -0.3 is 23.4 Å². The molecule has 2 aliphatic carbocycles. The Labute approximate surface area is 244 Å². The predicted molar refractivity (Wildman–Crippen MR) is 169 cm³/mol. The number of fused-ring (bicyclic) bond motifs is 1. The lowest BCUT2D eigenvalue weighted by Crippen LogP contribution is -2.60. The quantitative estimate of drug-likeness (QED) is 0.119. The Morgan fingerprint density at radius 2 is 1.62 bits per heavy atom. The van der Waals surface area contributed by atoms with E-state index in [9.17, 15) is 5.11 Å². The normalized spacial score (nSPS) is 31.4. The number of hydrogen-bond acceptors (Lipinski definition) is 5. The van der Waals surface area contributed by atoms with Gasteiger partial charge in [-0.1, -0.05) is 55.4 Å². The Hall–Kier alpha value is -0.186. The van der Waals surface area contributed by atoms with Gasteiger partial charge in [0, 0.05) is 18.6 Å². The van der Waals surface area contributed by atoms with Gasteiger partial charge in [-0.15, -0.1) is 0 Å². The molecule has 7 heteroatoms. The van der Waals surface area contributed by atoms with E-state index in [2.05, 4.69) is 68.5 Å². The van der Waals surface area contributed by atoms with Gasteiger partial charge in [-0.25, -0.2) is 0 Å². The van der Waals surface area contributed by atoms with Crippen LogP contribution in [0, 0.1) is 16.7 Å². The molecule has 0 aliphatic heterocycles. The van der Waals surface area contributed by atoms with E-state index in [1.807, 2.05) is 13.2 Å². The van der Waals surface area contributed by atoms with Gasteiger partial charge >= 0.3 is 0 Å². The molecule has 0 unspecified atom stereocenters. The van der Waals surface area contributed by atoms with Gasteiger partial charge in [-0.05, 0) is 98.6 Å². The van der Waals surface area contributed by atoms with E-state index >= 15 is 0 Å². The summed E-state index contributed by atoms with van der Waals surface area (Å²) in [4.78, 5) is 0. The van der Waals surface area contributed by atoms with Crippen molar-refractivity contribution in [3.8, 4) is 0 Å². The van der Waals surface area contributed by atoms with Crippen molar-refractivity contribution in [2.45, 2.75) is 149 Å². The Bertz CT molecular complexity index is 767. The van der Waals surface area contributed by atoms with Crippen LogP contribution in [0.15, 0.2) is 11.8 Å². The highest BCUT2D eigenvalue weighted by Gasteiger charge is 2.59. The van der Waals surface area contributed by atoms with E-state index in [0.717, 1.165) is 50.7 Å².